The Morgan fingerprint density at radius 1 is 1.00 bits per heavy atom. The van der Waals surface area contributed by atoms with Crippen LogP contribution in [0.4, 0.5) is 17.1 Å². The normalized spacial score (nSPS) is 13.3. The lowest BCUT2D eigenvalue weighted by molar-refractivity contribution is -0.118. The highest BCUT2D eigenvalue weighted by atomic mass is 35.5. The number of nitrogens with zero attached hydrogens (tertiary/aromatic N) is 1. The summed E-state index contributed by atoms with van der Waals surface area (Å²) >= 11 is 6.54. The lowest BCUT2D eigenvalue weighted by Crippen LogP contribution is -2.36. The van der Waals surface area contributed by atoms with Gasteiger partial charge in [-0.2, -0.15) is 0 Å². The molecule has 0 aromatic heterocycles. The van der Waals surface area contributed by atoms with E-state index in [1.807, 2.05) is 67.6 Å². The van der Waals surface area contributed by atoms with E-state index in [1.165, 1.54) is 0 Å². The van der Waals surface area contributed by atoms with Crippen LogP contribution in [0.2, 0.25) is 5.02 Å². The fourth-order valence-corrected chi connectivity index (χ4v) is 4.10. The second-order valence-electron chi connectivity index (χ2n) is 8.31. The van der Waals surface area contributed by atoms with Gasteiger partial charge in [-0.25, -0.2) is 0 Å². The molecule has 2 N–H and O–H groups in total. The van der Waals surface area contributed by atoms with Crippen molar-refractivity contribution >= 4 is 34.6 Å². The zero-order chi connectivity index (χ0) is 24.6. The second kappa shape index (κ2) is 11.8. The fraction of sp³-hybridized carbons (Fsp3) is 0.296. The number of amides is 1. The standard InChI is InChI=1S/C27H30ClN3O4/c1-19-3-6-21(7-4-19)30-27(32)18-35-25-10-5-20(15-26(25)33-2)17-29-22-8-9-24(23(28)16-22)31-11-13-34-14-12-31/h3-10,15-16,29H,11-14,17-18H2,1-2H3,(H,30,32). The molecule has 7 nitrogen and oxygen atoms in total. The van der Waals surface area contributed by atoms with Crippen LogP contribution in [0, 0.1) is 6.92 Å². The Bertz CT molecular complexity index is 1150. The summed E-state index contributed by atoms with van der Waals surface area (Å²) < 4.78 is 16.6. The number of carbonyl (C=O) groups is 1. The first kappa shape index (κ1) is 24.7. The Kier molecular flexibility index (Phi) is 8.34. The van der Waals surface area contributed by atoms with Crippen molar-refractivity contribution in [1.29, 1.82) is 0 Å². The molecule has 0 atom stereocenters. The van der Waals surface area contributed by atoms with Crippen LogP contribution in [0.1, 0.15) is 11.1 Å². The number of nitrogens with one attached hydrogen (secondary N) is 2. The first-order chi connectivity index (χ1) is 17.0. The Labute approximate surface area is 210 Å². The number of aryl methyl sites for hydroxylation is 1. The van der Waals surface area contributed by atoms with Crippen molar-refractivity contribution in [2.45, 2.75) is 13.5 Å². The summed E-state index contributed by atoms with van der Waals surface area (Å²) in [5.74, 6) is 0.834. The monoisotopic (exact) mass is 495 g/mol. The van der Waals surface area contributed by atoms with E-state index in [0.717, 1.165) is 54.5 Å². The fourth-order valence-electron chi connectivity index (χ4n) is 3.80. The second-order valence-corrected chi connectivity index (χ2v) is 8.71. The Morgan fingerprint density at radius 2 is 1.74 bits per heavy atom. The number of carbonyl (C=O) groups excluding carboxylic acids is 1. The van der Waals surface area contributed by atoms with Crippen molar-refractivity contribution in [2.24, 2.45) is 0 Å². The van der Waals surface area contributed by atoms with Gasteiger partial charge in [-0.1, -0.05) is 35.4 Å². The number of benzene rings is 3. The van der Waals surface area contributed by atoms with Gasteiger partial charge in [-0.3, -0.25) is 4.79 Å². The van der Waals surface area contributed by atoms with Crippen LogP contribution >= 0.6 is 11.6 Å². The van der Waals surface area contributed by atoms with Gasteiger partial charge in [-0.15, -0.1) is 0 Å². The SMILES string of the molecule is COc1cc(CNc2ccc(N3CCOCC3)c(Cl)c2)ccc1OCC(=O)Nc1ccc(C)cc1. The maximum absolute atomic E-state index is 12.2. The number of morpholine rings is 1. The van der Waals surface area contributed by atoms with Gasteiger partial charge in [0.25, 0.3) is 5.91 Å². The summed E-state index contributed by atoms with van der Waals surface area (Å²) in [5, 5.41) is 6.93. The van der Waals surface area contributed by atoms with E-state index in [1.54, 1.807) is 7.11 Å². The van der Waals surface area contributed by atoms with E-state index in [2.05, 4.69) is 15.5 Å². The molecule has 1 amide bonds. The molecule has 0 radical (unpaired) electrons. The van der Waals surface area contributed by atoms with Crippen LogP contribution in [-0.2, 0) is 16.1 Å². The predicted molar refractivity (Wildman–Crippen MR) is 140 cm³/mol. The number of hydrogen-bond donors (Lipinski definition) is 2. The van der Waals surface area contributed by atoms with Crippen LogP contribution in [0.3, 0.4) is 0 Å². The van der Waals surface area contributed by atoms with Crippen molar-refractivity contribution in [3.63, 3.8) is 0 Å². The molecule has 3 aromatic carbocycles. The van der Waals surface area contributed by atoms with Gasteiger partial charge in [0.1, 0.15) is 0 Å². The van der Waals surface area contributed by atoms with Gasteiger partial charge >= 0.3 is 0 Å². The highest BCUT2D eigenvalue weighted by Crippen LogP contribution is 2.31. The van der Waals surface area contributed by atoms with Crippen LogP contribution in [-0.4, -0.2) is 45.9 Å². The summed E-state index contributed by atoms with van der Waals surface area (Å²) in [6.45, 7) is 5.58. The molecule has 184 valence electrons. The van der Waals surface area contributed by atoms with Gasteiger partial charge in [-0.05, 0) is 55.0 Å². The van der Waals surface area contributed by atoms with Gasteiger partial charge in [0.2, 0.25) is 0 Å². The Balaban J connectivity index is 1.32. The molecule has 1 aliphatic heterocycles. The number of hydrogen-bond acceptors (Lipinski definition) is 6. The molecule has 0 saturated carbocycles. The summed E-state index contributed by atoms with van der Waals surface area (Å²) in [7, 11) is 1.58. The lowest BCUT2D eigenvalue weighted by Gasteiger charge is -2.29. The van der Waals surface area contributed by atoms with E-state index in [9.17, 15) is 4.79 Å². The number of halogens is 1. The number of anilines is 3. The summed E-state index contributed by atoms with van der Waals surface area (Å²) in [4.78, 5) is 14.5. The maximum atomic E-state index is 12.2. The Morgan fingerprint density at radius 3 is 2.46 bits per heavy atom. The molecular formula is C27H30ClN3O4. The molecule has 35 heavy (non-hydrogen) atoms. The molecule has 4 rings (SSSR count). The molecular weight excluding hydrogens is 466 g/mol. The van der Waals surface area contributed by atoms with E-state index in [0.29, 0.717) is 23.1 Å². The molecule has 1 saturated heterocycles. The lowest BCUT2D eigenvalue weighted by atomic mass is 10.2. The van der Waals surface area contributed by atoms with Crippen LogP contribution in [0.15, 0.2) is 60.7 Å². The highest BCUT2D eigenvalue weighted by Gasteiger charge is 2.14. The van der Waals surface area contributed by atoms with Crippen molar-refractivity contribution in [3.8, 4) is 11.5 Å². The molecule has 1 aliphatic rings. The summed E-state index contributed by atoms with van der Waals surface area (Å²) in [6.07, 6.45) is 0. The minimum Gasteiger partial charge on any atom is -0.493 e. The third kappa shape index (κ3) is 6.81. The smallest absolute Gasteiger partial charge is 0.262 e. The first-order valence-corrected chi connectivity index (χ1v) is 11.9. The molecule has 3 aromatic rings. The molecule has 0 spiro atoms. The van der Waals surface area contributed by atoms with Gasteiger partial charge in [0, 0.05) is 31.0 Å². The zero-order valence-corrected chi connectivity index (χ0v) is 20.7. The van der Waals surface area contributed by atoms with Gasteiger partial charge < -0.3 is 29.7 Å². The van der Waals surface area contributed by atoms with Crippen LogP contribution in [0.25, 0.3) is 0 Å². The summed E-state index contributed by atoms with van der Waals surface area (Å²) in [5.41, 5.74) is 4.82. The van der Waals surface area contributed by atoms with Crippen LogP contribution < -0.4 is 25.0 Å². The van der Waals surface area contributed by atoms with Crippen molar-refractivity contribution in [3.05, 3.63) is 76.8 Å². The third-order valence-corrected chi connectivity index (χ3v) is 6.02. The Hall–Kier alpha value is -3.42. The van der Waals surface area contributed by atoms with Crippen LogP contribution in [0.5, 0.6) is 11.5 Å². The zero-order valence-electron chi connectivity index (χ0n) is 20.0. The topological polar surface area (TPSA) is 72.1 Å². The van der Waals surface area contributed by atoms with Crippen molar-refractivity contribution < 1.29 is 19.0 Å². The van der Waals surface area contributed by atoms with Gasteiger partial charge in [0.15, 0.2) is 18.1 Å². The average Bonchev–Trinajstić information content (AvgIpc) is 2.88. The van der Waals surface area contributed by atoms with E-state index >= 15 is 0 Å². The highest BCUT2D eigenvalue weighted by molar-refractivity contribution is 6.33. The molecule has 1 fully saturated rings. The van der Waals surface area contributed by atoms with Gasteiger partial charge in [0.05, 0.1) is 31.0 Å². The predicted octanol–water partition coefficient (Wildman–Crippen LogP) is 5.12. The number of ether oxygens (including phenoxy) is 3. The van der Waals surface area contributed by atoms with E-state index in [-0.39, 0.29) is 12.5 Å². The average molecular weight is 496 g/mol. The minimum absolute atomic E-state index is 0.115. The maximum Gasteiger partial charge on any atom is 0.262 e. The minimum atomic E-state index is -0.237. The molecule has 8 heteroatoms. The molecule has 0 bridgehead atoms. The summed E-state index contributed by atoms with van der Waals surface area (Å²) in [6, 6.07) is 19.2. The quantitative estimate of drug-likeness (QED) is 0.429. The number of methoxy groups -OCH3 is 1. The molecule has 0 unspecified atom stereocenters. The molecule has 1 heterocycles. The van der Waals surface area contributed by atoms with E-state index in [4.69, 9.17) is 25.8 Å². The number of rotatable bonds is 9. The van der Waals surface area contributed by atoms with Crippen molar-refractivity contribution in [1.82, 2.24) is 0 Å². The largest absolute Gasteiger partial charge is 0.493 e. The first-order valence-electron chi connectivity index (χ1n) is 11.5. The third-order valence-electron chi connectivity index (χ3n) is 5.72. The van der Waals surface area contributed by atoms with Crippen molar-refractivity contribution in [2.75, 3.05) is 55.6 Å². The van der Waals surface area contributed by atoms with E-state index < -0.39 is 0 Å². The molecule has 0 aliphatic carbocycles.